The zero-order valence-corrected chi connectivity index (χ0v) is 15.3. The van der Waals surface area contributed by atoms with Crippen molar-refractivity contribution in [2.75, 3.05) is 5.43 Å². The van der Waals surface area contributed by atoms with Crippen LogP contribution in [0.4, 0.5) is 5.13 Å². The first-order valence-corrected chi connectivity index (χ1v) is 8.95. The smallest absolute Gasteiger partial charge is 0.203 e. The second-order valence-corrected chi connectivity index (χ2v) is 7.63. The van der Waals surface area contributed by atoms with Crippen LogP contribution in [0.2, 0.25) is 0 Å². The molecule has 0 fully saturated rings. The van der Waals surface area contributed by atoms with Gasteiger partial charge in [0.1, 0.15) is 5.75 Å². The predicted octanol–water partition coefficient (Wildman–Crippen LogP) is 5.26. The van der Waals surface area contributed by atoms with E-state index in [9.17, 15) is 5.11 Å². The Bertz CT molecular complexity index is 879. The average molecular weight is 351 g/mol. The molecule has 0 unspecified atom stereocenters. The number of thiazole rings is 1. The van der Waals surface area contributed by atoms with Gasteiger partial charge in [0, 0.05) is 16.5 Å². The van der Waals surface area contributed by atoms with Crippen LogP contribution in [0.5, 0.6) is 5.75 Å². The van der Waals surface area contributed by atoms with E-state index in [4.69, 9.17) is 0 Å². The molecule has 0 saturated heterocycles. The summed E-state index contributed by atoms with van der Waals surface area (Å²) in [6.45, 7) is 6.21. The minimum absolute atomic E-state index is 0.124. The Balaban J connectivity index is 1.73. The summed E-state index contributed by atoms with van der Waals surface area (Å²) in [5.41, 5.74) is 6.38. The lowest BCUT2D eigenvalue weighted by Gasteiger charge is -2.21. The largest absolute Gasteiger partial charge is 0.507 e. The van der Waals surface area contributed by atoms with Crippen LogP contribution in [0, 0.1) is 0 Å². The molecule has 128 valence electrons. The number of hydrogen-bond donors (Lipinski definition) is 2. The molecule has 4 nitrogen and oxygen atoms in total. The van der Waals surface area contributed by atoms with Gasteiger partial charge in [-0.2, -0.15) is 5.10 Å². The molecular weight excluding hydrogens is 330 g/mol. The van der Waals surface area contributed by atoms with Gasteiger partial charge in [-0.15, -0.1) is 11.3 Å². The van der Waals surface area contributed by atoms with Crippen LogP contribution in [-0.2, 0) is 5.41 Å². The summed E-state index contributed by atoms with van der Waals surface area (Å²) in [7, 11) is 0. The van der Waals surface area contributed by atoms with Gasteiger partial charge in [-0.3, -0.25) is 5.43 Å². The fourth-order valence-corrected chi connectivity index (χ4v) is 3.16. The molecule has 0 aliphatic heterocycles. The molecule has 25 heavy (non-hydrogen) atoms. The number of benzene rings is 2. The van der Waals surface area contributed by atoms with E-state index in [0.717, 1.165) is 16.8 Å². The first-order valence-electron chi connectivity index (χ1n) is 8.07. The van der Waals surface area contributed by atoms with E-state index in [0.29, 0.717) is 10.7 Å². The van der Waals surface area contributed by atoms with Crippen LogP contribution in [0.25, 0.3) is 11.3 Å². The highest BCUT2D eigenvalue weighted by Crippen LogP contribution is 2.32. The van der Waals surface area contributed by atoms with Crippen molar-refractivity contribution in [3.05, 3.63) is 65.0 Å². The molecule has 5 heteroatoms. The molecule has 3 aromatic rings. The highest BCUT2D eigenvalue weighted by atomic mass is 32.1. The Morgan fingerprint density at radius 3 is 2.56 bits per heavy atom. The standard InChI is InChI=1S/C20H21N3OS/c1-20(2,3)16-11-7-10-15(18(16)24)12-21-23-19-22-17(13-25-19)14-8-5-4-6-9-14/h4-13,24H,1-3H3,(H,22,23). The van der Waals surface area contributed by atoms with E-state index in [-0.39, 0.29) is 11.2 Å². The maximum absolute atomic E-state index is 10.4. The molecule has 1 heterocycles. The highest BCUT2D eigenvalue weighted by Gasteiger charge is 2.19. The Hall–Kier alpha value is -2.66. The minimum Gasteiger partial charge on any atom is -0.507 e. The van der Waals surface area contributed by atoms with E-state index in [1.807, 2.05) is 53.9 Å². The molecule has 0 aliphatic carbocycles. The Kier molecular flexibility index (Phi) is 4.86. The summed E-state index contributed by atoms with van der Waals surface area (Å²) in [4.78, 5) is 4.52. The number of phenolic OH excluding ortho intramolecular Hbond substituents is 1. The van der Waals surface area contributed by atoms with E-state index >= 15 is 0 Å². The monoisotopic (exact) mass is 351 g/mol. The summed E-state index contributed by atoms with van der Waals surface area (Å²) >= 11 is 1.49. The number of rotatable bonds is 4. The van der Waals surface area contributed by atoms with Gasteiger partial charge in [0.2, 0.25) is 5.13 Å². The van der Waals surface area contributed by atoms with E-state index in [2.05, 4.69) is 36.3 Å². The van der Waals surface area contributed by atoms with Crippen LogP contribution >= 0.6 is 11.3 Å². The van der Waals surface area contributed by atoms with Gasteiger partial charge in [-0.1, -0.05) is 63.2 Å². The number of hydrogen-bond acceptors (Lipinski definition) is 5. The maximum atomic E-state index is 10.4. The van der Waals surface area contributed by atoms with Gasteiger partial charge in [0.15, 0.2) is 0 Å². The maximum Gasteiger partial charge on any atom is 0.203 e. The third kappa shape index (κ3) is 4.06. The number of nitrogens with one attached hydrogen (secondary N) is 1. The molecule has 0 bridgehead atoms. The first-order chi connectivity index (χ1) is 11.9. The number of phenols is 1. The molecular formula is C20H21N3OS. The van der Waals surface area contributed by atoms with E-state index in [1.165, 1.54) is 11.3 Å². The van der Waals surface area contributed by atoms with E-state index in [1.54, 1.807) is 6.21 Å². The van der Waals surface area contributed by atoms with Crippen molar-refractivity contribution < 1.29 is 5.11 Å². The van der Waals surface area contributed by atoms with Crippen molar-refractivity contribution in [2.24, 2.45) is 5.10 Å². The van der Waals surface area contributed by atoms with Gasteiger partial charge in [0.25, 0.3) is 0 Å². The average Bonchev–Trinajstić information content (AvgIpc) is 3.05. The zero-order valence-electron chi connectivity index (χ0n) is 14.5. The normalized spacial score (nSPS) is 11.8. The Morgan fingerprint density at radius 2 is 1.84 bits per heavy atom. The lowest BCUT2D eigenvalue weighted by atomic mass is 9.85. The van der Waals surface area contributed by atoms with Crippen molar-refractivity contribution in [2.45, 2.75) is 26.2 Å². The molecule has 0 atom stereocenters. The summed E-state index contributed by atoms with van der Waals surface area (Å²) in [6.07, 6.45) is 1.62. The molecule has 1 aromatic heterocycles. The molecule has 3 rings (SSSR count). The van der Waals surface area contributed by atoms with Crippen LogP contribution in [-0.4, -0.2) is 16.3 Å². The van der Waals surface area contributed by atoms with Gasteiger partial charge in [-0.25, -0.2) is 4.98 Å². The summed E-state index contributed by atoms with van der Waals surface area (Å²) in [6, 6.07) is 15.7. The van der Waals surface area contributed by atoms with Gasteiger partial charge in [0.05, 0.1) is 11.9 Å². The lowest BCUT2D eigenvalue weighted by Crippen LogP contribution is -2.11. The highest BCUT2D eigenvalue weighted by molar-refractivity contribution is 7.14. The number of hydrazone groups is 1. The van der Waals surface area contributed by atoms with Gasteiger partial charge >= 0.3 is 0 Å². The molecule has 0 amide bonds. The minimum atomic E-state index is -0.124. The Labute approximate surface area is 151 Å². The van der Waals surface area contributed by atoms with Crippen molar-refractivity contribution in [1.29, 1.82) is 0 Å². The quantitative estimate of drug-likeness (QED) is 0.498. The third-order valence-corrected chi connectivity index (χ3v) is 4.56. The SMILES string of the molecule is CC(C)(C)c1cccc(C=NNc2nc(-c3ccccc3)cs2)c1O. The summed E-state index contributed by atoms with van der Waals surface area (Å²) in [5, 5.41) is 17.4. The van der Waals surface area contributed by atoms with Crippen LogP contribution in [0.15, 0.2) is 59.0 Å². The van der Waals surface area contributed by atoms with Gasteiger partial charge in [-0.05, 0) is 17.0 Å². The summed E-state index contributed by atoms with van der Waals surface area (Å²) < 4.78 is 0. The van der Waals surface area contributed by atoms with Crippen LogP contribution < -0.4 is 5.43 Å². The summed E-state index contributed by atoms with van der Waals surface area (Å²) in [5.74, 6) is 0.268. The van der Waals surface area contributed by atoms with Crippen molar-refractivity contribution >= 4 is 22.7 Å². The predicted molar refractivity (Wildman–Crippen MR) is 106 cm³/mol. The number of nitrogens with zero attached hydrogens (tertiary/aromatic N) is 2. The van der Waals surface area contributed by atoms with Crippen molar-refractivity contribution in [1.82, 2.24) is 4.98 Å². The zero-order chi connectivity index (χ0) is 17.9. The molecule has 0 saturated carbocycles. The molecule has 0 radical (unpaired) electrons. The Morgan fingerprint density at radius 1 is 1.08 bits per heavy atom. The third-order valence-electron chi connectivity index (χ3n) is 3.81. The lowest BCUT2D eigenvalue weighted by molar-refractivity contribution is 0.446. The second-order valence-electron chi connectivity index (χ2n) is 6.77. The first kappa shape index (κ1) is 17.2. The number of anilines is 1. The molecule has 0 spiro atoms. The fraction of sp³-hybridized carbons (Fsp3) is 0.200. The van der Waals surface area contributed by atoms with Crippen LogP contribution in [0.1, 0.15) is 31.9 Å². The molecule has 2 N–H and O–H groups in total. The second kappa shape index (κ2) is 7.07. The molecule has 0 aliphatic rings. The van der Waals surface area contributed by atoms with Crippen LogP contribution in [0.3, 0.4) is 0 Å². The van der Waals surface area contributed by atoms with E-state index < -0.39 is 0 Å². The van der Waals surface area contributed by atoms with Crippen molar-refractivity contribution in [3.8, 4) is 17.0 Å². The topological polar surface area (TPSA) is 57.5 Å². The van der Waals surface area contributed by atoms with Gasteiger partial charge < -0.3 is 5.11 Å². The number of aromatic nitrogens is 1. The number of aromatic hydroxyl groups is 1. The van der Waals surface area contributed by atoms with Crippen molar-refractivity contribution in [3.63, 3.8) is 0 Å². The number of para-hydroxylation sites is 1. The molecule has 2 aromatic carbocycles. The fourth-order valence-electron chi connectivity index (χ4n) is 2.49.